The minimum Gasteiger partial charge on any atom is -0.380 e. The highest BCUT2D eigenvalue weighted by Gasteiger charge is 2.28. The molecule has 3 nitrogen and oxygen atoms in total. The van der Waals surface area contributed by atoms with Crippen molar-refractivity contribution < 1.29 is 4.74 Å². The summed E-state index contributed by atoms with van der Waals surface area (Å²) in [7, 11) is 1.74. The molecule has 15 heavy (non-hydrogen) atoms. The monoisotopic (exact) mass is 214 g/mol. The Morgan fingerprint density at radius 3 is 2.13 bits per heavy atom. The molecule has 90 valence electrons. The lowest BCUT2D eigenvalue weighted by Gasteiger charge is -2.38. The van der Waals surface area contributed by atoms with Gasteiger partial charge in [0.25, 0.3) is 0 Å². The van der Waals surface area contributed by atoms with Crippen molar-refractivity contribution in [3.05, 3.63) is 0 Å². The second-order valence-corrected chi connectivity index (χ2v) is 4.99. The summed E-state index contributed by atoms with van der Waals surface area (Å²) in [4.78, 5) is 2.53. The van der Waals surface area contributed by atoms with Crippen LogP contribution in [0.2, 0.25) is 0 Å². The summed E-state index contributed by atoms with van der Waals surface area (Å²) in [5.74, 6) is 0.634. The third-order valence-electron chi connectivity index (χ3n) is 3.76. The van der Waals surface area contributed by atoms with Crippen molar-refractivity contribution in [2.24, 2.45) is 11.7 Å². The Kier molecular flexibility index (Phi) is 5.03. The fraction of sp³-hybridized carbons (Fsp3) is 1.00. The number of hydrogen-bond donors (Lipinski definition) is 1. The van der Waals surface area contributed by atoms with E-state index in [9.17, 15) is 0 Å². The Hall–Kier alpha value is -0.120. The van der Waals surface area contributed by atoms with Crippen LogP contribution in [0.15, 0.2) is 0 Å². The lowest BCUT2D eigenvalue weighted by Crippen LogP contribution is -2.47. The summed E-state index contributed by atoms with van der Waals surface area (Å²) < 4.78 is 5.30. The molecule has 0 aromatic heterocycles. The van der Waals surface area contributed by atoms with Crippen molar-refractivity contribution >= 4 is 0 Å². The molecule has 1 rings (SSSR count). The number of hydrogen-bond acceptors (Lipinski definition) is 3. The molecule has 1 heterocycles. The Morgan fingerprint density at radius 2 is 1.73 bits per heavy atom. The van der Waals surface area contributed by atoms with Gasteiger partial charge in [-0.1, -0.05) is 0 Å². The number of rotatable bonds is 4. The number of nitrogens with zero attached hydrogens (tertiary/aromatic N) is 1. The molecule has 0 aromatic carbocycles. The van der Waals surface area contributed by atoms with Crippen molar-refractivity contribution in [3.8, 4) is 0 Å². The summed E-state index contributed by atoms with van der Waals surface area (Å²) in [5, 5.41) is 0. The largest absolute Gasteiger partial charge is 0.380 e. The minimum absolute atomic E-state index is 0.181. The second-order valence-electron chi connectivity index (χ2n) is 4.99. The first-order chi connectivity index (χ1) is 7.06. The van der Waals surface area contributed by atoms with Gasteiger partial charge < -0.3 is 15.4 Å². The molecule has 0 bridgehead atoms. The third kappa shape index (κ3) is 3.44. The Balaban J connectivity index is 2.36. The summed E-state index contributed by atoms with van der Waals surface area (Å²) >= 11 is 0. The molecule has 1 fully saturated rings. The smallest absolute Gasteiger partial charge is 0.0696 e. The second kappa shape index (κ2) is 5.83. The topological polar surface area (TPSA) is 38.5 Å². The van der Waals surface area contributed by atoms with Crippen LogP contribution in [-0.2, 0) is 4.74 Å². The van der Waals surface area contributed by atoms with Gasteiger partial charge in [0.15, 0.2) is 0 Å². The molecular weight excluding hydrogens is 188 g/mol. The maximum absolute atomic E-state index is 6.18. The van der Waals surface area contributed by atoms with Gasteiger partial charge in [-0.15, -0.1) is 0 Å². The van der Waals surface area contributed by atoms with Crippen LogP contribution in [0.4, 0.5) is 0 Å². The number of methoxy groups -OCH3 is 1. The van der Waals surface area contributed by atoms with Gasteiger partial charge >= 0.3 is 0 Å². The minimum atomic E-state index is 0.181. The van der Waals surface area contributed by atoms with Gasteiger partial charge in [0.2, 0.25) is 0 Å². The molecule has 1 aliphatic rings. The third-order valence-corrected chi connectivity index (χ3v) is 3.76. The van der Waals surface area contributed by atoms with Crippen molar-refractivity contribution in [3.63, 3.8) is 0 Å². The van der Waals surface area contributed by atoms with E-state index in [4.69, 9.17) is 10.5 Å². The molecule has 0 radical (unpaired) electrons. The Morgan fingerprint density at radius 1 is 1.20 bits per heavy atom. The van der Waals surface area contributed by atoms with E-state index < -0.39 is 0 Å². The lowest BCUT2D eigenvalue weighted by atomic mass is 9.87. The predicted molar refractivity (Wildman–Crippen MR) is 63.9 cm³/mol. The highest BCUT2D eigenvalue weighted by molar-refractivity contribution is 4.84. The van der Waals surface area contributed by atoms with Crippen LogP contribution in [0.5, 0.6) is 0 Å². The summed E-state index contributed by atoms with van der Waals surface area (Å²) in [6, 6.07) is 0.867. The van der Waals surface area contributed by atoms with E-state index in [1.54, 1.807) is 7.11 Å². The van der Waals surface area contributed by atoms with Gasteiger partial charge in [0.1, 0.15) is 0 Å². The van der Waals surface area contributed by atoms with E-state index in [2.05, 4.69) is 25.7 Å². The first-order valence-corrected chi connectivity index (χ1v) is 6.08. The number of nitrogens with two attached hydrogens (primary N) is 1. The average molecular weight is 214 g/mol. The van der Waals surface area contributed by atoms with Crippen molar-refractivity contribution in [1.82, 2.24) is 4.90 Å². The molecule has 2 atom stereocenters. The predicted octanol–water partition coefficient (Wildman–Crippen LogP) is 1.47. The van der Waals surface area contributed by atoms with Crippen LogP contribution >= 0.6 is 0 Å². The van der Waals surface area contributed by atoms with Gasteiger partial charge in [0.05, 0.1) is 6.10 Å². The fourth-order valence-electron chi connectivity index (χ4n) is 2.36. The van der Waals surface area contributed by atoms with Gasteiger partial charge in [0, 0.05) is 19.2 Å². The molecule has 0 unspecified atom stereocenters. The Bertz CT molecular complexity index is 176. The molecule has 0 aliphatic carbocycles. The van der Waals surface area contributed by atoms with Crippen LogP contribution < -0.4 is 5.73 Å². The van der Waals surface area contributed by atoms with E-state index in [-0.39, 0.29) is 12.1 Å². The summed E-state index contributed by atoms with van der Waals surface area (Å²) in [6.45, 7) is 8.97. The van der Waals surface area contributed by atoms with Crippen LogP contribution in [0.1, 0.15) is 33.6 Å². The molecule has 0 amide bonds. The van der Waals surface area contributed by atoms with Crippen LogP contribution in [0.3, 0.4) is 0 Å². The SMILES string of the molecule is CO[C@@H](C)[C@@H](N)C1CCN(C(C)C)CC1. The standard InChI is InChI=1S/C12H26N2O/c1-9(2)14-7-5-11(6-8-14)12(13)10(3)15-4/h9-12H,5-8,13H2,1-4H3/t10-,12+/m0/s1. The van der Waals surface area contributed by atoms with Gasteiger partial charge in [-0.25, -0.2) is 0 Å². The molecule has 1 saturated heterocycles. The fourth-order valence-corrected chi connectivity index (χ4v) is 2.36. The van der Waals surface area contributed by atoms with E-state index in [1.165, 1.54) is 25.9 Å². The van der Waals surface area contributed by atoms with E-state index in [0.717, 1.165) is 0 Å². The normalized spacial score (nSPS) is 24.4. The number of ether oxygens (including phenoxy) is 1. The molecule has 0 spiro atoms. The first-order valence-electron chi connectivity index (χ1n) is 6.08. The first kappa shape index (κ1) is 12.9. The zero-order valence-electron chi connectivity index (χ0n) is 10.6. The molecule has 3 heteroatoms. The molecule has 1 aliphatic heterocycles. The zero-order valence-corrected chi connectivity index (χ0v) is 10.6. The maximum Gasteiger partial charge on any atom is 0.0696 e. The van der Waals surface area contributed by atoms with Crippen molar-refractivity contribution in [2.75, 3.05) is 20.2 Å². The zero-order chi connectivity index (χ0) is 11.4. The van der Waals surface area contributed by atoms with Crippen LogP contribution in [-0.4, -0.2) is 43.3 Å². The van der Waals surface area contributed by atoms with E-state index in [0.29, 0.717) is 12.0 Å². The number of piperidine rings is 1. The van der Waals surface area contributed by atoms with Crippen LogP contribution in [0, 0.1) is 5.92 Å². The molecule has 0 aromatic rings. The molecular formula is C12H26N2O. The maximum atomic E-state index is 6.18. The Labute approximate surface area is 94.0 Å². The lowest BCUT2D eigenvalue weighted by molar-refractivity contribution is 0.0524. The van der Waals surface area contributed by atoms with Crippen LogP contribution in [0.25, 0.3) is 0 Å². The average Bonchev–Trinajstić information content (AvgIpc) is 2.27. The van der Waals surface area contributed by atoms with E-state index in [1.807, 2.05) is 0 Å². The number of likely N-dealkylation sites (tertiary alicyclic amines) is 1. The van der Waals surface area contributed by atoms with Gasteiger partial charge in [-0.2, -0.15) is 0 Å². The summed E-state index contributed by atoms with van der Waals surface area (Å²) in [6.07, 6.45) is 2.61. The van der Waals surface area contributed by atoms with E-state index >= 15 is 0 Å². The molecule has 0 saturated carbocycles. The van der Waals surface area contributed by atoms with Crippen molar-refractivity contribution in [2.45, 2.75) is 51.8 Å². The summed E-state index contributed by atoms with van der Waals surface area (Å²) in [5.41, 5.74) is 6.18. The van der Waals surface area contributed by atoms with Crippen molar-refractivity contribution in [1.29, 1.82) is 0 Å². The molecule has 2 N–H and O–H groups in total. The quantitative estimate of drug-likeness (QED) is 0.770. The highest BCUT2D eigenvalue weighted by atomic mass is 16.5. The highest BCUT2D eigenvalue weighted by Crippen LogP contribution is 2.23. The van der Waals surface area contributed by atoms with Gasteiger partial charge in [-0.05, 0) is 52.6 Å². The van der Waals surface area contributed by atoms with Gasteiger partial charge in [-0.3, -0.25) is 0 Å².